The molecule has 5 nitrogen and oxygen atoms in total. The zero-order valence-corrected chi connectivity index (χ0v) is 20.6. The first-order valence-corrected chi connectivity index (χ1v) is 11.0. The third kappa shape index (κ3) is 7.87. The number of hydrogen-bond donors (Lipinski definition) is 2. The second-order valence-electron chi connectivity index (χ2n) is 7.78. The minimum Gasteiger partial charge on any atom is -0.357 e. The number of aliphatic imine (C=N–C) groups is 1. The van der Waals surface area contributed by atoms with Crippen LogP contribution in [0, 0.1) is 0 Å². The van der Waals surface area contributed by atoms with E-state index in [2.05, 4.69) is 64.7 Å². The van der Waals surface area contributed by atoms with Gasteiger partial charge in [-0.3, -0.25) is 9.88 Å². The van der Waals surface area contributed by atoms with E-state index in [0.29, 0.717) is 12.6 Å². The molecular formula is C24H36IN5. The summed E-state index contributed by atoms with van der Waals surface area (Å²) in [5.41, 5.74) is 3.80. The molecule has 0 radical (unpaired) electrons. The topological polar surface area (TPSA) is 52.6 Å². The van der Waals surface area contributed by atoms with Crippen LogP contribution in [-0.4, -0.2) is 41.5 Å². The van der Waals surface area contributed by atoms with Gasteiger partial charge in [-0.1, -0.05) is 36.8 Å². The van der Waals surface area contributed by atoms with Crippen molar-refractivity contribution in [3.63, 3.8) is 0 Å². The maximum absolute atomic E-state index is 4.84. The van der Waals surface area contributed by atoms with Crippen molar-refractivity contribution in [1.82, 2.24) is 20.5 Å². The number of rotatable bonds is 8. The number of aromatic nitrogens is 1. The van der Waals surface area contributed by atoms with Gasteiger partial charge in [0.15, 0.2) is 5.96 Å². The fraction of sp³-hybridized carbons (Fsp3) is 0.500. The second-order valence-corrected chi connectivity index (χ2v) is 7.78. The lowest BCUT2D eigenvalue weighted by molar-refractivity contribution is 0.152. The van der Waals surface area contributed by atoms with E-state index in [9.17, 15) is 0 Å². The maximum atomic E-state index is 4.84. The highest BCUT2D eigenvalue weighted by Crippen LogP contribution is 2.21. The molecule has 1 saturated heterocycles. The van der Waals surface area contributed by atoms with Gasteiger partial charge in [-0.25, -0.2) is 4.99 Å². The first-order chi connectivity index (χ1) is 14.3. The highest BCUT2D eigenvalue weighted by molar-refractivity contribution is 14.0. The average molecular weight is 521 g/mol. The van der Waals surface area contributed by atoms with Crippen LogP contribution in [-0.2, 0) is 19.5 Å². The zero-order valence-electron chi connectivity index (χ0n) is 18.3. The summed E-state index contributed by atoms with van der Waals surface area (Å²) in [4.78, 5) is 11.8. The maximum Gasteiger partial charge on any atom is 0.191 e. The summed E-state index contributed by atoms with van der Waals surface area (Å²) in [7, 11) is 0. The minimum absolute atomic E-state index is 0. The van der Waals surface area contributed by atoms with Gasteiger partial charge in [0.25, 0.3) is 0 Å². The number of piperidine rings is 1. The Morgan fingerprint density at radius 2 is 1.90 bits per heavy atom. The Morgan fingerprint density at radius 1 is 1.10 bits per heavy atom. The molecular weight excluding hydrogens is 485 g/mol. The number of nitrogens with one attached hydrogen (secondary N) is 2. The fourth-order valence-corrected chi connectivity index (χ4v) is 3.84. The molecule has 164 valence electrons. The van der Waals surface area contributed by atoms with Crippen LogP contribution in [0.4, 0.5) is 0 Å². The number of guanidine groups is 1. The van der Waals surface area contributed by atoms with Crippen LogP contribution < -0.4 is 10.6 Å². The Hall–Kier alpha value is -1.67. The van der Waals surface area contributed by atoms with Crippen LogP contribution in [0.5, 0.6) is 0 Å². The van der Waals surface area contributed by atoms with Gasteiger partial charge in [-0.2, -0.15) is 0 Å². The molecule has 30 heavy (non-hydrogen) atoms. The lowest BCUT2D eigenvalue weighted by atomic mass is 10.0. The molecule has 1 aliphatic heterocycles. The average Bonchev–Trinajstić information content (AvgIpc) is 2.75. The Morgan fingerprint density at radius 3 is 2.63 bits per heavy atom. The Bertz CT molecular complexity index is 765. The van der Waals surface area contributed by atoms with Crippen molar-refractivity contribution in [3.05, 3.63) is 65.5 Å². The van der Waals surface area contributed by atoms with Crippen LogP contribution in [0.15, 0.2) is 53.7 Å². The van der Waals surface area contributed by atoms with E-state index >= 15 is 0 Å². The van der Waals surface area contributed by atoms with Crippen molar-refractivity contribution < 1.29 is 0 Å². The molecule has 2 aromatic rings. The number of nitrogens with zero attached hydrogens (tertiary/aromatic N) is 3. The third-order valence-corrected chi connectivity index (χ3v) is 5.58. The van der Waals surface area contributed by atoms with Gasteiger partial charge < -0.3 is 10.6 Å². The van der Waals surface area contributed by atoms with Crippen LogP contribution in [0.2, 0.25) is 0 Å². The van der Waals surface area contributed by atoms with Crippen LogP contribution in [0.1, 0.15) is 49.9 Å². The Labute approximate surface area is 198 Å². The van der Waals surface area contributed by atoms with Gasteiger partial charge in [0.1, 0.15) is 0 Å². The molecule has 3 rings (SSSR count). The smallest absolute Gasteiger partial charge is 0.191 e. The second kappa shape index (κ2) is 13.6. The van der Waals surface area contributed by atoms with E-state index in [-0.39, 0.29) is 24.0 Å². The largest absolute Gasteiger partial charge is 0.357 e. The number of hydrogen-bond acceptors (Lipinski definition) is 3. The normalized spacial score (nSPS) is 17.3. The van der Waals surface area contributed by atoms with Gasteiger partial charge in [0.05, 0.1) is 6.54 Å². The van der Waals surface area contributed by atoms with Gasteiger partial charge in [0.2, 0.25) is 0 Å². The lowest BCUT2D eigenvalue weighted by Gasteiger charge is -2.33. The molecule has 2 heterocycles. The van der Waals surface area contributed by atoms with Crippen molar-refractivity contribution in [2.45, 2.75) is 58.7 Å². The lowest BCUT2D eigenvalue weighted by Crippen LogP contribution is -2.38. The molecule has 6 heteroatoms. The molecule has 0 saturated carbocycles. The van der Waals surface area contributed by atoms with E-state index in [1.807, 2.05) is 18.3 Å². The predicted octanol–water partition coefficient (Wildman–Crippen LogP) is 4.37. The van der Waals surface area contributed by atoms with E-state index in [1.54, 1.807) is 0 Å². The Balaban J connectivity index is 0.00000320. The summed E-state index contributed by atoms with van der Waals surface area (Å²) in [6.07, 6.45) is 6.71. The molecule has 0 aliphatic carbocycles. The van der Waals surface area contributed by atoms with Gasteiger partial charge in [-0.05, 0) is 56.5 Å². The van der Waals surface area contributed by atoms with Crippen molar-refractivity contribution in [3.8, 4) is 0 Å². The highest BCUT2D eigenvalue weighted by atomic mass is 127. The molecule has 2 N–H and O–H groups in total. The third-order valence-electron chi connectivity index (χ3n) is 5.58. The Kier molecular flexibility index (Phi) is 11.1. The van der Waals surface area contributed by atoms with E-state index in [1.165, 1.54) is 36.9 Å². The van der Waals surface area contributed by atoms with Crippen molar-refractivity contribution in [2.75, 3.05) is 19.6 Å². The van der Waals surface area contributed by atoms with Crippen LogP contribution in [0.25, 0.3) is 0 Å². The molecule has 1 atom stereocenters. The van der Waals surface area contributed by atoms with Crippen molar-refractivity contribution in [1.29, 1.82) is 0 Å². The van der Waals surface area contributed by atoms with E-state index in [0.717, 1.165) is 37.7 Å². The minimum atomic E-state index is 0. The van der Waals surface area contributed by atoms with Crippen molar-refractivity contribution >= 4 is 29.9 Å². The fourth-order valence-electron chi connectivity index (χ4n) is 3.84. The number of halogens is 1. The molecule has 0 bridgehead atoms. The first-order valence-electron chi connectivity index (χ1n) is 11.0. The summed E-state index contributed by atoms with van der Waals surface area (Å²) in [6, 6.07) is 15.4. The summed E-state index contributed by atoms with van der Waals surface area (Å²) >= 11 is 0. The predicted molar refractivity (Wildman–Crippen MR) is 136 cm³/mol. The van der Waals surface area contributed by atoms with E-state index in [4.69, 9.17) is 4.99 Å². The molecule has 1 unspecified atom stereocenters. The molecule has 1 aromatic heterocycles. The SMILES string of the molecule is CCNC(=NCc1ccccc1CN1CCCCC1C)NCCc1ccccn1.I. The van der Waals surface area contributed by atoms with Crippen molar-refractivity contribution in [2.24, 2.45) is 4.99 Å². The molecule has 0 spiro atoms. The van der Waals surface area contributed by atoms with Crippen LogP contribution in [0.3, 0.4) is 0 Å². The summed E-state index contributed by atoms with van der Waals surface area (Å²) in [5, 5.41) is 6.79. The van der Waals surface area contributed by atoms with Gasteiger partial charge in [0, 0.05) is 44.0 Å². The number of likely N-dealkylation sites (tertiary alicyclic amines) is 1. The number of pyridine rings is 1. The quantitative estimate of drug-likeness (QED) is 0.308. The van der Waals surface area contributed by atoms with Gasteiger partial charge in [-0.15, -0.1) is 24.0 Å². The van der Waals surface area contributed by atoms with E-state index < -0.39 is 0 Å². The molecule has 1 aromatic carbocycles. The summed E-state index contributed by atoms with van der Waals surface area (Å²) < 4.78 is 0. The zero-order chi connectivity index (χ0) is 20.3. The number of benzene rings is 1. The van der Waals surface area contributed by atoms with Gasteiger partial charge >= 0.3 is 0 Å². The standard InChI is InChI=1S/C24H35N5.HI/c1-3-25-24(27-16-14-23-13-6-8-15-26-23)28-18-21-11-4-5-12-22(21)19-29-17-9-7-10-20(29)2;/h4-6,8,11-13,15,20H,3,7,9-10,14,16-19H2,1-2H3,(H2,25,27,28);1H. The summed E-state index contributed by atoms with van der Waals surface area (Å²) in [5.74, 6) is 0.865. The molecule has 0 amide bonds. The summed E-state index contributed by atoms with van der Waals surface area (Å²) in [6.45, 7) is 9.04. The monoisotopic (exact) mass is 521 g/mol. The first kappa shape index (κ1) is 24.6. The molecule has 1 aliphatic rings. The molecule has 1 fully saturated rings. The highest BCUT2D eigenvalue weighted by Gasteiger charge is 2.19. The van der Waals surface area contributed by atoms with Crippen LogP contribution >= 0.6 is 24.0 Å².